The maximum atomic E-state index is 12.1. The lowest BCUT2D eigenvalue weighted by molar-refractivity contribution is 0.288. The lowest BCUT2D eigenvalue weighted by atomic mass is 10.2. The summed E-state index contributed by atoms with van der Waals surface area (Å²) in [5.41, 5.74) is 0.995. The third kappa shape index (κ3) is 4.34. The number of anilines is 1. The summed E-state index contributed by atoms with van der Waals surface area (Å²) in [5, 5.41) is 9.00. The number of nitrogens with zero attached hydrogens (tertiary/aromatic N) is 2. The molecule has 0 saturated carbocycles. The van der Waals surface area contributed by atoms with Gasteiger partial charge < -0.3 is 14.4 Å². The third-order valence-corrected chi connectivity index (χ3v) is 5.12. The maximum Gasteiger partial charge on any atom is 0.275 e. The van der Waals surface area contributed by atoms with Crippen molar-refractivity contribution in [2.75, 3.05) is 32.1 Å². The number of hydrogen-bond donors (Lipinski definition) is 1. The largest absolute Gasteiger partial charge is 0.446 e. The van der Waals surface area contributed by atoms with Crippen molar-refractivity contribution in [3.05, 3.63) is 48.2 Å². The highest BCUT2D eigenvalue weighted by molar-refractivity contribution is 7.88. The van der Waals surface area contributed by atoms with Crippen molar-refractivity contribution in [2.45, 2.75) is 18.1 Å². The molecule has 0 amide bonds. The van der Waals surface area contributed by atoms with Crippen LogP contribution < -0.4 is 4.90 Å². The first-order valence-electron chi connectivity index (χ1n) is 7.37. The number of hydrogen-bond acceptors (Lipinski definition) is 5. The summed E-state index contributed by atoms with van der Waals surface area (Å²) in [4.78, 5) is 2.04. The van der Waals surface area contributed by atoms with E-state index in [1.54, 1.807) is 6.07 Å². The number of sulfonamides is 1. The van der Waals surface area contributed by atoms with Gasteiger partial charge in [-0.1, -0.05) is 18.2 Å². The van der Waals surface area contributed by atoms with Crippen LogP contribution in [0.2, 0.25) is 0 Å². The van der Waals surface area contributed by atoms with E-state index >= 15 is 0 Å². The fraction of sp³-hybridized carbons (Fsp3) is 0.375. The molecule has 0 bridgehead atoms. The molecule has 7 heteroatoms. The summed E-state index contributed by atoms with van der Waals surface area (Å²) in [7, 11) is -0.631. The summed E-state index contributed by atoms with van der Waals surface area (Å²) in [6.45, 7) is 1.19. The van der Waals surface area contributed by atoms with Gasteiger partial charge in [-0.25, -0.2) is 12.7 Å². The Labute approximate surface area is 137 Å². The van der Waals surface area contributed by atoms with Gasteiger partial charge in [0.1, 0.15) is 5.76 Å². The van der Waals surface area contributed by atoms with E-state index in [0.717, 1.165) is 9.99 Å². The quantitative estimate of drug-likeness (QED) is 0.796. The molecule has 1 aromatic carbocycles. The van der Waals surface area contributed by atoms with Crippen molar-refractivity contribution in [3.8, 4) is 0 Å². The maximum absolute atomic E-state index is 12.1. The van der Waals surface area contributed by atoms with Gasteiger partial charge in [0.15, 0.2) is 0 Å². The van der Waals surface area contributed by atoms with E-state index < -0.39 is 10.0 Å². The minimum Gasteiger partial charge on any atom is -0.446 e. The van der Waals surface area contributed by atoms with Crippen LogP contribution in [0.5, 0.6) is 0 Å². The topological polar surface area (TPSA) is 74.0 Å². The average molecular weight is 338 g/mol. The molecule has 2 rings (SSSR count). The molecule has 0 aliphatic carbocycles. The van der Waals surface area contributed by atoms with E-state index in [1.807, 2.05) is 35.2 Å². The first kappa shape index (κ1) is 17.5. The summed E-state index contributed by atoms with van der Waals surface area (Å²) in [6, 6.07) is 12.9. The summed E-state index contributed by atoms with van der Waals surface area (Å²) in [6.07, 6.45) is 0.623. The Morgan fingerprint density at radius 2 is 1.78 bits per heavy atom. The predicted octanol–water partition coefficient (Wildman–Crippen LogP) is 1.92. The summed E-state index contributed by atoms with van der Waals surface area (Å²) >= 11 is 0. The van der Waals surface area contributed by atoms with Crippen LogP contribution in [0.1, 0.15) is 12.2 Å². The van der Waals surface area contributed by atoms with Crippen LogP contribution >= 0.6 is 0 Å². The predicted molar refractivity (Wildman–Crippen MR) is 88.8 cm³/mol. The first-order chi connectivity index (χ1) is 10.9. The van der Waals surface area contributed by atoms with E-state index in [1.165, 1.54) is 20.2 Å². The van der Waals surface area contributed by atoms with Crippen LogP contribution in [-0.4, -0.2) is 45.1 Å². The van der Waals surface area contributed by atoms with Crippen LogP contribution in [0, 0.1) is 0 Å². The van der Waals surface area contributed by atoms with Crippen molar-refractivity contribution < 1.29 is 17.9 Å². The van der Waals surface area contributed by atoms with E-state index in [0.29, 0.717) is 25.3 Å². The highest BCUT2D eigenvalue weighted by Gasteiger charge is 2.22. The zero-order valence-corrected chi connectivity index (χ0v) is 14.2. The molecule has 0 saturated heterocycles. The van der Waals surface area contributed by atoms with Crippen molar-refractivity contribution in [1.29, 1.82) is 0 Å². The second-order valence-electron chi connectivity index (χ2n) is 5.34. The van der Waals surface area contributed by atoms with Gasteiger partial charge >= 0.3 is 0 Å². The lowest BCUT2D eigenvalue weighted by Crippen LogP contribution is -2.24. The fourth-order valence-electron chi connectivity index (χ4n) is 2.15. The minimum atomic E-state index is -3.57. The molecular weight excluding hydrogens is 316 g/mol. The minimum absolute atomic E-state index is 0.0623. The standard InChI is InChI=1S/C16H22N2O4S/c1-17(2)23(20,21)16-10-9-15(22-16)13-18(11-6-12-19)14-7-4-3-5-8-14/h3-5,7-10,19H,6,11-13H2,1-2H3. The number of aliphatic hydroxyl groups is 1. The summed E-state index contributed by atoms with van der Waals surface area (Å²) in [5.74, 6) is 0.562. The molecule has 1 aromatic heterocycles. The molecule has 0 fully saturated rings. The van der Waals surface area contributed by atoms with E-state index in [9.17, 15) is 8.42 Å². The Balaban J connectivity index is 2.19. The smallest absolute Gasteiger partial charge is 0.275 e. The summed E-state index contributed by atoms with van der Waals surface area (Å²) < 4.78 is 30.7. The molecule has 126 valence electrons. The highest BCUT2D eigenvalue weighted by atomic mass is 32.2. The molecule has 0 atom stereocenters. The molecular formula is C16H22N2O4S. The van der Waals surface area contributed by atoms with E-state index in [2.05, 4.69) is 0 Å². The molecule has 2 aromatic rings. The Morgan fingerprint density at radius 1 is 1.09 bits per heavy atom. The fourth-order valence-corrected chi connectivity index (χ4v) is 2.96. The van der Waals surface area contributed by atoms with Crippen molar-refractivity contribution in [1.82, 2.24) is 4.31 Å². The van der Waals surface area contributed by atoms with Gasteiger partial charge in [0, 0.05) is 32.9 Å². The highest BCUT2D eigenvalue weighted by Crippen LogP contribution is 2.21. The van der Waals surface area contributed by atoms with Gasteiger partial charge in [-0.3, -0.25) is 0 Å². The Morgan fingerprint density at radius 3 is 2.39 bits per heavy atom. The Kier molecular flexibility index (Phi) is 5.81. The number of para-hydroxylation sites is 1. The van der Waals surface area contributed by atoms with Gasteiger partial charge in [0.05, 0.1) is 6.54 Å². The molecule has 1 N–H and O–H groups in total. The van der Waals surface area contributed by atoms with Gasteiger partial charge in [0.25, 0.3) is 10.0 Å². The zero-order chi connectivity index (χ0) is 16.9. The normalized spacial score (nSPS) is 11.8. The molecule has 0 unspecified atom stereocenters. The monoisotopic (exact) mass is 338 g/mol. The molecule has 1 heterocycles. The molecule has 6 nitrogen and oxygen atoms in total. The second kappa shape index (κ2) is 7.63. The molecule has 0 aliphatic heterocycles. The SMILES string of the molecule is CN(C)S(=O)(=O)c1ccc(CN(CCCO)c2ccccc2)o1. The number of aliphatic hydroxyl groups excluding tert-OH is 1. The van der Waals surface area contributed by atoms with Crippen LogP contribution in [0.3, 0.4) is 0 Å². The van der Waals surface area contributed by atoms with E-state index in [-0.39, 0.29) is 11.7 Å². The second-order valence-corrected chi connectivity index (χ2v) is 7.43. The van der Waals surface area contributed by atoms with Crippen LogP contribution in [-0.2, 0) is 16.6 Å². The number of rotatable bonds is 8. The van der Waals surface area contributed by atoms with Gasteiger partial charge in [-0.15, -0.1) is 0 Å². The average Bonchev–Trinajstić information content (AvgIpc) is 3.01. The van der Waals surface area contributed by atoms with Crippen LogP contribution in [0.4, 0.5) is 5.69 Å². The molecule has 0 radical (unpaired) electrons. The van der Waals surface area contributed by atoms with Crippen molar-refractivity contribution >= 4 is 15.7 Å². The van der Waals surface area contributed by atoms with Crippen LogP contribution in [0.15, 0.2) is 52.0 Å². The van der Waals surface area contributed by atoms with Gasteiger partial charge in [-0.2, -0.15) is 0 Å². The first-order valence-corrected chi connectivity index (χ1v) is 8.81. The van der Waals surface area contributed by atoms with Gasteiger partial charge in [-0.05, 0) is 30.7 Å². The molecule has 23 heavy (non-hydrogen) atoms. The number of benzene rings is 1. The molecule has 0 aliphatic rings. The third-order valence-electron chi connectivity index (χ3n) is 3.43. The van der Waals surface area contributed by atoms with E-state index in [4.69, 9.17) is 9.52 Å². The number of furan rings is 1. The van der Waals surface area contributed by atoms with Crippen molar-refractivity contribution in [2.24, 2.45) is 0 Å². The zero-order valence-electron chi connectivity index (χ0n) is 13.3. The Bertz CT molecular complexity index is 711. The Hall–Kier alpha value is -1.83. The van der Waals surface area contributed by atoms with Crippen LogP contribution in [0.25, 0.3) is 0 Å². The lowest BCUT2D eigenvalue weighted by Gasteiger charge is -2.23. The van der Waals surface area contributed by atoms with Gasteiger partial charge in [0.2, 0.25) is 5.09 Å². The van der Waals surface area contributed by atoms with Crippen molar-refractivity contribution in [3.63, 3.8) is 0 Å². The molecule has 0 spiro atoms.